The lowest BCUT2D eigenvalue weighted by atomic mass is 9.94. The van der Waals surface area contributed by atoms with Crippen LogP contribution >= 0.6 is 0 Å². The van der Waals surface area contributed by atoms with Gasteiger partial charge in [0.2, 0.25) is 0 Å². The van der Waals surface area contributed by atoms with Crippen LogP contribution in [0.4, 0.5) is 5.69 Å². The monoisotopic (exact) mass is 373 g/mol. The van der Waals surface area contributed by atoms with E-state index in [0.717, 1.165) is 19.5 Å². The number of piperidine rings is 1. The SMILES string of the molecule is CC1CCNCC1NC(=O)c1ccc(S(=O)(=O)Nc2ccccc2)cc1. The molecule has 2 aromatic carbocycles. The van der Waals surface area contributed by atoms with Gasteiger partial charge in [0, 0.05) is 23.8 Å². The van der Waals surface area contributed by atoms with E-state index in [2.05, 4.69) is 22.3 Å². The maximum atomic E-state index is 12.4. The van der Waals surface area contributed by atoms with E-state index in [9.17, 15) is 13.2 Å². The normalized spacial score (nSPS) is 20.3. The molecule has 1 amide bonds. The molecule has 7 heteroatoms. The van der Waals surface area contributed by atoms with Gasteiger partial charge in [0.1, 0.15) is 0 Å². The summed E-state index contributed by atoms with van der Waals surface area (Å²) in [6.45, 7) is 3.84. The van der Waals surface area contributed by atoms with Crippen molar-refractivity contribution in [1.29, 1.82) is 0 Å². The molecule has 3 N–H and O–H groups in total. The maximum absolute atomic E-state index is 12.4. The molecule has 1 saturated heterocycles. The van der Waals surface area contributed by atoms with E-state index in [1.165, 1.54) is 24.3 Å². The molecule has 1 aliphatic heterocycles. The topological polar surface area (TPSA) is 87.3 Å². The van der Waals surface area contributed by atoms with Crippen LogP contribution in [-0.2, 0) is 10.0 Å². The zero-order valence-corrected chi connectivity index (χ0v) is 15.4. The molecule has 0 bridgehead atoms. The third-order valence-corrected chi connectivity index (χ3v) is 5.99. The Morgan fingerprint density at radius 2 is 1.77 bits per heavy atom. The Hall–Kier alpha value is -2.38. The van der Waals surface area contributed by atoms with Gasteiger partial charge < -0.3 is 10.6 Å². The minimum atomic E-state index is -3.68. The van der Waals surface area contributed by atoms with Crippen LogP contribution in [0, 0.1) is 5.92 Å². The molecule has 0 aromatic heterocycles. The average molecular weight is 373 g/mol. The number of anilines is 1. The fourth-order valence-corrected chi connectivity index (χ4v) is 4.00. The van der Waals surface area contributed by atoms with Crippen LogP contribution in [0.3, 0.4) is 0 Å². The molecule has 0 saturated carbocycles. The van der Waals surface area contributed by atoms with Gasteiger partial charge >= 0.3 is 0 Å². The zero-order chi connectivity index (χ0) is 18.6. The van der Waals surface area contributed by atoms with Crippen LogP contribution in [0.5, 0.6) is 0 Å². The summed E-state index contributed by atoms with van der Waals surface area (Å²) in [6, 6.07) is 14.7. The summed E-state index contributed by atoms with van der Waals surface area (Å²) >= 11 is 0. The van der Waals surface area contributed by atoms with Crippen LogP contribution in [0.25, 0.3) is 0 Å². The van der Waals surface area contributed by atoms with Crippen molar-refractivity contribution in [3.05, 3.63) is 60.2 Å². The number of para-hydroxylation sites is 1. The minimum absolute atomic E-state index is 0.0828. The lowest BCUT2D eigenvalue weighted by Crippen LogP contribution is -2.50. The molecular formula is C19H23N3O3S. The van der Waals surface area contributed by atoms with Crippen LogP contribution in [-0.4, -0.2) is 33.5 Å². The summed E-state index contributed by atoms with van der Waals surface area (Å²) in [4.78, 5) is 12.5. The lowest BCUT2D eigenvalue weighted by molar-refractivity contribution is 0.0915. The summed E-state index contributed by atoms with van der Waals surface area (Å²) in [6.07, 6.45) is 1.02. The van der Waals surface area contributed by atoms with Crippen LogP contribution in [0.2, 0.25) is 0 Å². The summed E-state index contributed by atoms with van der Waals surface area (Å²) < 4.78 is 27.4. The molecule has 1 aliphatic rings. The van der Waals surface area contributed by atoms with Gasteiger partial charge in [-0.2, -0.15) is 0 Å². The molecule has 26 heavy (non-hydrogen) atoms. The van der Waals surface area contributed by atoms with Gasteiger partial charge in [0.25, 0.3) is 15.9 Å². The fourth-order valence-electron chi connectivity index (χ4n) is 2.94. The molecule has 2 atom stereocenters. The van der Waals surface area contributed by atoms with Gasteiger partial charge in [-0.3, -0.25) is 9.52 Å². The van der Waals surface area contributed by atoms with E-state index in [1.807, 2.05) is 6.07 Å². The Balaban J connectivity index is 1.68. The zero-order valence-electron chi connectivity index (χ0n) is 14.6. The average Bonchev–Trinajstić information content (AvgIpc) is 2.64. The molecule has 6 nitrogen and oxygen atoms in total. The molecule has 1 heterocycles. The third-order valence-electron chi connectivity index (χ3n) is 4.60. The molecule has 3 rings (SSSR count). The van der Waals surface area contributed by atoms with Crippen molar-refractivity contribution in [2.75, 3.05) is 17.8 Å². The maximum Gasteiger partial charge on any atom is 0.261 e. The summed E-state index contributed by atoms with van der Waals surface area (Å²) in [7, 11) is -3.68. The molecule has 2 unspecified atom stereocenters. The number of benzene rings is 2. The molecule has 138 valence electrons. The van der Waals surface area contributed by atoms with Gasteiger partial charge in [0.15, 0.2) is 0 Å². The number of amides is 1. The first-order chi connectivity index (χ1) is 12.5. The van der Waals surface area contributed by atoms with Gasteiger partial charge in [-0.1, -0.05) is 25.1 Å². The van der Waals surface area contributed by atoms with E-state index in [-0.39, 0.29) is 16.8 Å². The number of sulfonamides is 1. The summed E-state index contributed by atoms with van der Waals surface area (Å²) in [5, 5.41) is 6.29. The highest BCUT2D eigenvalue weighted by molar-refractivity contribution is 7.92. The van der Waals surface area contributed by atoms with Crippen molar-refractivity contribution in [3.8, 4) is 0 Å². The predicted molar refractivity (Wildman–Crippen MR) is 102 cm³/mol. The smallest absolute Gasteiger partial charge is 0.261 e. The van der Waals surface area contributed by atoms with E-state index < -0.39 is 10.0 Å². The lowest BCUT2D eigenvalue weighted by Gasteiger charge is -2.30. The van der Waals surface area contributed by atoms with Gasteiger partial charge in [-0.25, -0.2) is 8.42 Å². The minimum Gasteiger partial charge on any atom is -0.348 e. The highest BCUT2D eigenvalue weighted by Gasteiger charge is 2.23. The van der Waals surface area contributed by atoms with Crippen molar-refractivity contribution < 1.29 is 13.2 Å². The van der Waals surface area contributed by atoms with Crippen molar-refractivity contribution in [2.24, 2.45) is 5.92 Å². The number of hydrogen-bond donors (Lipinski definition) is 3. The molecule has 1 fully saturated rings. The Labute approximate surface area is 154 Å². The van der Waals surface area contributed by atoms with Crippen LogP contribution in [0.15, 0.2) is 59.5 Å². The Morgan fingerprint density at radius 3 is 2.42 bits per heavy atom. The number of nitrogens with one attached hydrogen (secondary N) is 3. The highest BCUT2D eigenvalue weighted by atomic mass is 32.2. The second kappa shape index (κ2) is 7.88. The van der Waals surface area contributed by atoms with Crippen molar-refractivity contribution in [2.45, 2.75) is 24.3 Å². The van der Waals surface area contributed by atoms with Gasteiger partial charge in [-0.15, -0.1) is 0 Å². The number of carbonyl (C=O) groups excluding carboxylic acids is 1. The summed E-state index contributed by atoms with van der Waals surface area (Å²) in [5.74, 6) is 0.223. The molecular weight excluding hydrogens is 350 g/mol. The largest absolute Gasteiger partial charge is 0.348 e. The molecule has 0 aliphatic carbocycles. The first-order valence-corrected chi connectivity index (χ1v) is 10.1. The fraction of sp³-hybridized carbons (Fsp3) is 0.316. The third kappa shape index (κ3) is 4.42. The van der Waals surface area contributed by atoms with Gasteiger partial charge in [0.05, 0.1) is 4.90 Å². The Bertz CT molecular complexity index is 851. The quantitative estimate of drug-likeness (QED) is 0.750. The Kier molecular flexibility index (Phi) is 5.58. The second-order valence-corrected chi connectivity index (χ2v) is 8.23. The van der Waals surface area contributed by atoms with Crippen molar-refractivity contribution >= 4 is 21.6 Å². The summed E-state index contributed by atoms with van der Waals surface area (Å²) in [5.41, 5.74) is 0.939. The number of carbonyl (C=O) groups is 1. The van der Waals surface area contributed by atoms with E-state index in [1.54, 1.807) is 24.3 Å². The van der Waals surface area contributed by atoms with Crippen LogP contribution in [0.1, 0.15) is 23.7 Å². The molecule has 2 aromatic rings. The number of hydrogen-bond acceptors (Lipinski definition) is 4. The second-order valence-electron chi connectivity index (χ2n) is 6.55. The molecule has 0 spiro atoms. The molecule has 0 radical (unpaired) electrons. The van der Waals surface area contributed by atoms with E-state index >= 15 is 0 Å². The first kappa shape index (κ1) is 18.4. The van der Waals surface area contributed by atoms with E-state index in [4.69, 9.17) is 0 Å². The van der Waals surface area contributed by atoms with E-state index in [0.29, 0.717) is 17.2 Å². The van der Waals surface area contributed by atoms with Gasteiger partial charge in [-0.05, 0) is 55.3 Å². The predicted octanol–water partition coefficient (Wildman–Crippen LogP) is 2.22. The standard InChI is InChI=1S/C19H23N3O3S/c1-14-11-12-20-13-18(14)21-19(23)15-7-9-17(10-8-15)26(24,25)22-16-5-3-2-4-6-16/h2-10,14,18,20,22H,11-13H2,1H3,(H,21,23). The van der Waals surface area contributed by atoms with Crippen molar-refractivity contribution in [3.63, 3.8) is 0 Å². The Morgan fingerprint density at radius 1 is 1.08 bits per heavy atom. The van der Waals surface area contributed by atoms with Crippen LogP contribution < -0.4 is 15.4 Å². The van der Waals surface area contributed by atoms with Crippen molar-refractivity contribution in [1.82, 2.24) is 10.6 Å². The first-order valence-electron chi connectivity index (χ1n) is 8.65. The highest BCUT2D eigenvalue weighted by Crippen LogP contribution is 2.17. The number of rotatable bonds is 5.